The molecule has 0 aliphatic carbocycles. The third kappa shape index (κ3) is 2.78. The summed E-state index contributed by atoms with van der Waals surface area (Å²) in [5.74, 6) is -2.05. The highest BCUT2D eigenvalue weighted by atomic mass is 127. The van der Waals surface area contributed by atoms with Gasteiger partial charge in [-0.1, -0.05) is 11.6 Å². The number of nitrogen functional groups attached to an aromatic ring is 1. The van der Waals surface area contributed by atoms with Crippen LogP contribution < -0.4 is 16.6 Å². The van der Waals surface area contributed by atoms with Crippen LogP contribution in [0.5, 0.6) is 0 Å². The molecule has 3 rings (SSSR count). The minimum atomic E-state index is -4.75. The molecular formula is C14H6ClF3IN3O3. The normalized spacial score (nSPS) is 13.8. The molecule has 1 aromatic carbocycles. The molecule has 130 valence electrons. The van der Waals surface area contributed by atoms with E-state index < -0.39 is 40.0 Å². The lowest BCUT2D eigenvalue weighted by molar-refractivity contribution is -0.137. The first-order valence-corrected chi connectivity index (χ1v) is 7.96. The second kappa shape index (κ2) is 5.73. The second-order valence-electron chi connectivity index (χ2n) is 5.06. The number of carbonyl (C=O) groups excluding carboxylic acids is 2. The number of carbonyl (C=O) groups is 2. The molecule has 2 amide bonds. The number of fused-ring (bicyclic) bond motifs is 1. The number of imide groups is 1. The Balaban J connectivity index is 2.36. The van der Waals surface area contributed by atoms with Crippen molar-refractivity contribution in [1.29, 1.82) is 0 Å². The molecule has 1 aliphatic rings. The first kappa shape index (κ1) is 17.7. The Bertz CT molecular complexity index is 1020. The number of halogens is 5. The number of aromatic nitrogens is 1. The van der Waals surface area contributed by atoms with E-state index >= 15 is 0 Å². The Labute approximate surface area is 155 Å². The van der Waals surface area contributed by atoms with Gasteiger partial charge in [-0.05, 0) is 34.7 Å². The molecule has 0 saturated carbocycles. The molecule has 1 aliphatic heterocycles. The molecule has 0 spiro atoms. The Morgan fingerprint density at radius 3 is 2.36 bits per heavy atom. The number of anilines is 1. The Kier molecular flexibility index (Phi) is 4.06. The van der Waals surface area contributed by atoms with E-state index in [9.17, 15) is 27.6 Å². The molecular weight excluding hydrogens is 478 g/mol. The van der Waals surface area contributed by atoms with Crippen LogP contribution >= 0.6 is 34.2 Å². The maximum Gasteiger partial charge on any atom is 0.417 e. The van der Waals surface area contributed by atoms with Crippen LogP contribution in [-0.2, 0) is 6.18 Å². The molecule has 0 unspecified atom stereocenters. The number of pyridine rings is 1. The first-order chi connectivity index (χ1) is 11.5. The van der Waals surface area contributed by atoms with Crippen molar-refractivity contribution in [2.24, 2.45) is 0 Å². The SMILES string of the molecule is Nc1c2c(cc(=O)n1-c1cc(C(F)(F)F)c(Cl)cc1I)C(=O)NC2=O. The van der Waals surface area contributed by atoms with E-state index in [1.165, 1.54) is 0 Å². The summed E-state index contributed by atoms with van der Waals surface area (Å²) in [5.41, 5.74) is 3.13. The number of nitrogens with two attached hydrogens (primary N) is 1. The second-order valence-corrected chi connectivity index (χ2v) is 6.63. The van der Waals surface area contributed by atoms with Crippen LogP contribution in [0.1, 0.15) is 26.3 Å². The quantitative estimate of drug-likeness (QED) is 0.482. The molecule has 3 N–H and O–H groups in total. The number of rotatable bonds is 1. The van der Waals surface area contributed by atoms with Crippen molar-refractivity contribution in [3.8, 4) is 5.69 Å². The number of nitrogens with one attached hydrogen (secondary N) is 1. The van der Waals surface area contributed by atoms with Gasteiger partial charge in [0.25, 0.3) is 17.4 Å². The molecule has 1 aromatic heterocycles. The largest absolute Gasteiger partial charge is 0.417 e. The lowest BCUT2D eigenvalue weighted by Gasteiger charge is -2.17. The Morgan fingerprint density at radius 1 is 1.12 bits per heavy atom. The van der Waals surface area contributed by atoms with Gasteiger partial charge < -0.3 is 5.73 Å². The van der Waals surface area contributed by atoms with E-state index in [4.69, 9.17) is 17.3 Å². The maximum atomic E-state index is 13.1. The highest BCUT2D eigenvalue weighted by molar-refractivity contribution is 14.1. The molecule has 11 heteroatoms. The van der Waals surface area contributed by atoms with Crippen LogP contribution in [0.2, 0.25) is 5.02 Å². The van der Waals surface area contributed by atoms with Crippen molar-refractivity contribution in [1.82, 2.24) is 9.88 Å². The molecule has 0 bridgehead atoms. The van der Waals surface area contributed by atoms with Gasteiger partial charge in [0.15, 0.2) is 0 Å². The number of alkyl halides is 3. The zero-order valence-corrected chi connectivity index (χ0v) is 14.8. The van der Waals surface area contributed by atoms with Crippen molar-refractivity contribution in [3.63, 3.8) is 0 Å². The van der Waals surface area contributed by atoms with E-state index in [0.29, 0.717) is 6.07 Å². The van der Waals surface area contributed by atoms with Crippen LogP contribution in [0.15, 0.2) is 23.0 Å². The van der Waals surface area contributed by atoms with Crippen LogP contribution in [-0.4, -0.2) is 16.4 Å². The summed E-state index contributed by atoms with van der Waals surface area (Å²) < 4.78 is 40.2. The number of hydrogen-bond donors (Lipinski definition) is 2. The molecule has 2 heterocycles. The van der Waals surface area contributed by atoms with Crippen molar-refractivity contribution in [2.75, 3.05) is 5.73 Å². The Hall–Kier alpha value is -2.08. The fourth-order valence-corrected chi connectivity index (χ4v) is 3.62. The molecule has 0 atom stereocenters. The van der Waals surface area contributed by atoms with Crippen LogP contribution in [0.3, 0.4) is 0 Å². The summed E-state index contributed by atoms with van der Waals surface area (Å²) in [6, 6.07) is 2.55. The van der Waals surface area contributed by atoms with Crippen LogP contribution in [0.25, 0.3) is 5.69 Å². The smallest absolute Gasteiger partial charge is 0.384 e. The summed E-state index contributed by atoms with van der Waals surface area (Å²) >= 11 is 7.33. The average Bonchev–Trinajstić information content (AvgIpc) is 2.74. The first-order valence-electron chi connectivity index (χ1n) is 6.50. The predicted molar refractivity (Wildman–Crippen MR) is 91.0 cm³/mol. The van der Waals surface area contributed by atoms with Gasteiger partial charge in [0.05, 0.1) is 27.4 Å². The van der Waals surface area contributed by atoms with Gasteiger partial charge in [0.1, 0.15) is 5.82 Å². The van der Waals surface area contributed by atoms with Crippen LogP contribution in [0, 0.1) is 3.57 Å². The van der Waals surface area contributed by atoms with Gasteiger partial charge in [-0.15, -0.1) is 0 Å². The van der Waals surface area contributed by atoms with E-state index in [1.807, 2.05) is 5.32 Å². The molecule has 25 heavy (non-hydrogen) atoms. The zero-order valence-electron chi connectivity index (χ0n) is 11.9. The van der Waals surface area contributed by atoms with Crippen molar-refractivity contribution >= 4 is 51.8 Å². The maximum absolute atomic E-state index is 13.1. The molecule has 6 nitrogen and oxygen atoms in total. The standard InChI is InChI=1S/C14H6ClF3IN3O3/c15-6-3-7(19)8(2-5(6)14(16,17)18)22-9(23)1-4-10(11(22)20)13(25)21-12(4)24/h1-3H,20H2,(H,21,24,25). The number of nitrogens with zero attached hydrogens (tertiary/aromatic N) is 1. The minimum absolute atomic E-state index is 0.199. The van der Waals surface area contributed by atoms with Gasteiger partial charge in [0, 0.05) is 9.64 Å². The Morgan fingerprint density at radius 2 is 1.76 bits per heavy atom. The molecule has 2 aromatic rings. The van der Waals surface area contributed by atoms with Gasteiger partial charge in [-0.3, -0.25) is 24.3 Å². The van der Waals surface area contributed by atoms with Crippen LogP contribution in [0.4, 0.5) is 19.0 Å². The third-order valence-corrected chi connectivity index (χ3v) is 4.71. The summed E-state index contributed by atoms with van der Waals surface area (Å²) in [7, 11) is 0. The predicted octanol–water partition coefficient (Wildman–Crippen LogP) is 2.58. The van der Waals surface area contributed by atoms with E-state index in [1.54, 1.807) is 22.6 Å². The van der Waals surface area contributed by atoms with E-state index in [0.717, 1.165) is 16.7 Å². The van der Waals surface area contributed by atoms with E-state index in [2.05, 4.69) is 0 Å². The zero-order chi connectivity index (χ0) is 18.7. The van der Waals surface area contributed by atoms with Crippen molar-refractivity contribution in [3.05, 3.63) is 53.8 Å². The summed E-state index contributed by atoms with van der Waals surface area (Å²) in [6.07, 6.45) is -4.75. The molecule has 0 radical (unpaired) electrons. The molecule has 0 fully saturated rings. The van der Waals surface area contributed by atoms with Gasteiger partial charge in [-0.2, -0.15) is 13.2 Å². The fraction of sp³-hybridized carbons (Fsp3) is 0.0714. The summed E-state index contributed by atoms with van der Waals surface area (Å²) in [4.78, 5) is 35.8. The van der Waals surface area contributed by atoms with Gasteiger partial charge in [-0.25, -0.2) is 0 Å². The number of hydrogen-bond acceptors (Lipinski definition) is 4. The highest BCUT2D eigenvalue weighted by Gasteiger charge is 2.36. The van der Waals surface area contributed by atoms with Crippen molar-refractivity contribution in [2.45, 2.75) is 6.18 Å². The average molecular weight is 484 g/mol. The lowest BCUT2D eigenvalue weighted by Crippen LogP contribution is -2.25. The summed E-state index contributed by atoms with van der Waals surface area (Å²) in [5, 5.41) is 1.43. The molecule has 0 saturated heterocycles. The minimum Gasteiger partial charge on any atom is -0.384 e. The van der Waals surface area contributed by atoms with Crippen molar-refractivity contribution < 1.29 is 22.8 Å². The van der Waals surface area contributed by atoms with Gasteiger partial charge in [0.2, 0.25) is 0 Å². The lowest BCUT2D eigenvalue weighted by atomic mass is 10.1. The topological polar surface area (TPSA) is 94.2 Å². The number of amides is 2. The van der Waals surface area contributed by atoms with Gasteiger partial charge >= 0.3 is 6.18 Å². The monoisotopic (exact) mass is 483 g/mol. The number of benzene rings is 1. The third-order valence-electron chi connectivity index (χ3n) is 3.54. The summed E-state index contributed by atoms with van der Waals surface area (Å²) in [6.45, 7) is 0. The van der Waals surface area contributed by atoms with E-state index in [-0.39, 0.29) is 20.4 Å². The highest BCUT2D eigenvalue weighted by Crippen LogP contribution is 2.38. The fourth-order valence-electron chi connectivity index (χ4n) is 2.45.